The quantitative estimate of drug-likeness (QED) is 0.482. The molecule has 0 aliphatic carbocycles. The molecule has 0 radical (unpaired) electrons. The number of nitrogens with zero attached hydrogens (tertiary/aromatic N) is 2. The summed E-state index contributed by atoms with van der Waals surface area (Å²) in [6.07, 6.45) is 0.521. The van der Waals surface area contributed by atoms with Crippen molar-refractivity contribution in [3.8, 4) is 11.5 Å². The maximum absolute atomic E-state index is 12.5. The summed E-state index contributed by atoms with van der Waals surface area (Å²) in [7, 11) is 1.60. The number of benzene rings is 1. The highest BCUT2D eigenvalue weighted by molar-refractivity contribution is 7.13. The Bertz CT molecular complexity index is 922. The highest BCUT2D eigenvalue weighted by Gasteiger charge is 2.39. The molecule has 2 saturated heterocycles. The number of amides is 2. The van der Waals surface area contributed by atoms with Gasteiger partial charge in [-0.3, -0.25) is 9.59 Å². The highest BCUT2D eigenvalue weighted by atomic mass is 32.1. The lowest BCUT2D eigenvalue weighted by Crippen LogP contribution is -2.48. The highest BCUT2D eigenvalue weighted by Crippen LogP contribution is 2.24. The average Bonchev–Trinajstić information content (AvgIpc) is 3.47. The van der Waals surface area contributed by atoms with Crippen molar-refractivity contribution in [1.29, 1.82) is 0 Å². The molecule has 31 heavy (non-hydrogen) atoms. The van der Waals surface area contributed by atoms with Crippen LogP contribution in [0.4, 0.5) is 4.79 Å². The summed E-state index contributed by atoms with van der Waals surface area (Å²) < 4.78 is 16.3. The zero-order valence-corrected chi connectivity index (χ0v) is 18.0. The molecule has 2 amide bonds. The zero-order chi connectivity index (χ0) is 21.8. The number of carbonyl (C=O) groups excluding carboxylic acids is 3. The number of rotatable bonds is 7. The van der Waals surface area contributed by atoms with Crippen LogP contribution in [0, 0.1) is 0 Å². The van der Waals surface area contributed by atoms with Crippen LogP contribution in [-0.2, 0) is 9.53 Å². The van der Waals surface area contributed by atoms with Gasteiger partial charge >= 0.3 is 6.09 Å². The number of piperidine rings is 1. The van der Waals surface area contributed by atoms with Gasteiger partial charge in [0.1, 0.15) is 18.1 Å². The molecule has 9 heteroatoms. The van der Waals surface area contributed by atoms with Crippen LogP contribution in [0.25, 0.3) is 0 Å². The third-order valence-electron chi connectivity index (χ3n) is 5.53. The number of likely N-dealkylation sites (tertiary alicyclic amines) is 1. The molecule has 0 spiro atoms. The van der Waals surface area contributed by atoms with Gasteiger partial charge in [-0.15, -0.1) is 11.3 Å². The third-order valence-corrected chi connectivity index (χ3v) is 6.40. The Balaban J connectivity index is 1.25. The normalized spacial score (nSPS) is 19.3. The van der Waals surface area contributed by atoms with Crippen LogP contribution in [0.2, 0.25) is 0 Å². The van der Waals surface area contributed by atoms with Crippen molar-refractivity contribution >= 4 is 29.1 Å². The standard InChI is InChI=1S/C22H24N2O6S/c1-28-16-4-6-17(7-5-16)29-14-18-13-24(22(27)30-18)15-8-10-23(11-9-15)21(26)20(25)19-3-2-12-31-19/h2-7,12,15,18H,8-11,13-14H2,1H3. The first-order valence-electron chi connectivity index (χ1n) is 10.2. The molecule has 1 atom stereocenters. The van der Waals surface area contributed by atoms with Gasteiger partial charge in [-0.1, -0.05) is 6.07 Å². The SMILES string of the molecule is COc1ccc(OCC2CN(C3CCN(C(=O)C(=O)c4cccs4)CC3)C(=O)O2)cc1. The molecule has 2 aliphatic heterocycles. The number of ketones is 1. The minimum Gasteiger partial charge on any atom is -0.497 e. The lowest BCUT2D eigenvalue weighted by atomic mass is 10.0. The second-order valence-electron chi connectivity index (χ2n) is 7.47. The summed E-state index contributed by atoms with van der Waals surface area (Å²) in [5, 5.41) is 1.78. The summed E-state index contributed by atoms with van der Waals surface area (Å²) in [6, 6.07) is 10.6. The Morgan fingerprint density at radius 1 is 1.13 bits per heavy atom. The van der Waals surface area contributed by atoms with Crippen LogP contribution in [-0.4, -0.2) is 73.1 Å². The van der Waals surface area contributed by atoms with E-state index in [2.05, 4.69) is 0 Å². The fourth-order valence-corrected chi connectivity index (χ4v) is 4.48. The minimum absolute atomic E-state index is 0.0145. The van der Waals surface area contributed by atoms with Crippen LogP contribution in [0.3, 0.4) is 0 Å². The molecule has 0 saturated carbocycles. The van der Waals surface area contributed by atoms with Gasteiger partial charge in [-0.2, -0.15) is 0 Å². The molecule has 4 rings (SSSR count). The maximum atomic E-state index is 12.5. The van der Waals surface area contributed by atoms with Crippen molar-refractivity contribution in [3.63, 3.8) is 0 Å². The Morgan fingerprint density at radius 3 is 2.48 bits per heavy atom. The van der Waals surface area contributed by atoms with E-state index in [-0.39, 0.29) is 24.8 Å². The average molecular weight is 445 g/mol. The summed E-state index contributed by atoms with van der Waals surface area (Å²) in [6.45, 7) is 1.60. The van der Waals surface area contributed by atoms with Crippen LogP contribution in [0.5, 0.6) is 11.5 Å². The van der Waals surface area contributed by atoms with Gasteiger partial charge in [0.15, 0.2) is 6.10 Å². The molecule has 3 heterocycles. The predicted molar refractivity (Wildman–Crippen MR) is 114 cm³/mol. The molecular weight excluding hydrogens is 420 g/mol. The van der Waals surface area contributed by atoms with Gasteiger partial charge in [0.2, 0.25) is 0 Å². The van der Waals surface area contributed by atoms with E-state index in [0.717, 1.165) is 5.75 Å². The number of thiophene rings is 1. The number of hydrogen-bond acceptors (Lipinski definition) is 7. The van der Waals surface area contributed by atoms with Gasteiger partial charge in [0.05, 0.1) is 18.5 Å². The number of ether oxygens (including phenoxy) is 3. The second-order valence-corrected chi connectivity index (χ2v) is 8.42. The number of hydrogen-bond donors (Lipinski definition) is 0. The molecule has 0 bridgehead atoms. The molecule has 1 aromatic heterocycles. The van der Waals surface area contributed by atoms with Gasteiger partial charge in [-0.05, 0) is 48.6 Å². The van der Waals surface area contributed by atoms with Crippen molar-refractivity contribution in [2.24, 2.45) is 0 Å². The van der Waals surface area contributed by atoms with Crippen LogP contribution >= 0.6 is 11.3 Å². The Morgan fingerprint density at radius 2 is 1.84 bits per heavy atom. The van der Waals surface area contributed by atoms with Crippen LogP contribution in [0.1, 0.15) is 22.5 Å². The van der Waals surface area contributed by atoms with E-state index in [0.29, 0.717) is 43.1 Å². The molecule has 0 N–H and O–H groups in total. The number of cyclic esters (lactones) is 1. The Hall–Kier alpha value is -3.07. The van der Waals surface area contributed by atoms with E-state index in [9.17, 15) is 14.4 Å². The predicted octanol–water partition coefficient (Wildman–Crippen LogP) is 2.83. The smallest absolute Gasteiger partial charge is 0.410 e. The fourth-order valence-electron chi connectivity index (χ4n) is 3.82. The van der Waals surface area contributed by atoms with Gasteiger partial charge < -0.3 is 24.0 Å². The zero-order valence-electron chi connectivity index (χ0n) is 17.2. The summed E-state index contributed by atoms with van der Waals surface area (Å²) in [5.74, 6) is 0.478. The van der Waals surface area contributed by atoms with Crippen LogP contribution in [0.15, 0.2) is 41.8 Å². The van der Waals surface area contributed by atoms with Crippen molar-refractivity contribution < 1.29 is 28.6 Å². The first-order valence-corrected chi connectivity index (χ1v) is 11.0. The van der Waals surface area contributed by atoms with E-state index in [4.69, 9.17) is 14.2 Å². The largest absolute Gasteiger partial charge is 0.497 e. The van der Waals surface area contributed by atoms with Crippen molar-refractivity contribution in [2.75, 3.05) is 33.4 Å². The summed E-state index contributed by atoms with van der Waals surface area (Å²) in [4.78, 5) is 40.8. The molecule has 164 valence electrons. The second kappa shape index (κ2) is 9.38. The number of Topliss-reactive ketones (excluding diaryl/α,β-unsaturated/α-hetero) is 1. The molecule has 2 fully saturated rings. The lowest BCUT2D eigenvalue weighted by Gasteiger charge is -2.35. The Kier molecular flexibility index (Phi) is 6.41. The summed E-state index contributed by atoms with van der Waals surface area (Å²) >= 11 is 1.27. The van der Waals surface area contributed by atoms with Crippen molar-refractivity contribution in [2.45, 2.75) is 25.0 Å². The number of methoxy groups -OCH3 is 1. The van der Waals surface area contributed by atoms with E-state index >= 15 is 0 Å². The van der Waals surface area contributed by atoms with Crippen molar-refractivity contribution in [3.05, 3.63) is 46.7 Å². The summed E-state index contributed by atoms with van der Waals surface area (Å²) in [5.41, 5.74) is 0. The van der Waals surface area contributed by atoms with Gasteiger partial charge in [-0.25, -0.2) is 4.79 Å². The minimum atomic E-state index is -0.476. The fraction of sp³-hybridized carbons (Fsp3) is 0.409. The molecule has 1 unspecified atom stereocenters. The molecule has 2 aliphatic rings. The third kappa shape index (κ3) is 4.82. The first kappa shape index (κ1) is 21.2. The van der Waals surface area contributed by atoms with Crippen molar-refractivity contribution in [1.82, 2.24) is 9.80 Å². The van der Waals surface area contributed by atoms with E-state index in [1.54, 1.807) is 58.7 Å². The monoisotopic (exact) mass is 444 g/mol. The lowest BCUT2D eigenvalue weighted by molar-refractivity contribution is -0.127. The molecule has 1 aromatic carbocycles. The maximum Gasteiger partial charge on any atom is 0.410 e. The Labute approximate surface area is 184 Å². The van der Waals surface area contributed by atoms with Gasteiger partial charge in [0, 0.05) is 19.1 Å². The molecule has 2 aromatic rings. The number of carbonyl (C=O) groups is 3. The van der Waals surface area contributed by atoms with E-state index < -0.39 is 11.7 Å². The molecule has 8 nitrogen and oxygen atoms in total. The van der Waals surface area contributed by atoms with Crippen LogP contribution < -0.4 is 9.47 Å². The topological polar surface area (TPSA) is 85.4 Å². The van der Waals surface area contributed by atoms with E-state index in [1.807, 2.05) is 0 Å². The van der Waals surface area contributed by atoms with E-state index in [1.165, 1.54) is 11.3 Å². The molecular formula is C22H24N2O6S. The first-order chi connectivity index (χ1) is 15.0. The van der Waals surface area contributed by atoms with Gasteiger partial charge in [0.25, 0.3) is 11.7 Å².